The predicted molar refractivity (Wildman–Crippen MR) is 71.3 cm³/mol. The van der Waals surface area contributed by atoms with Crippen molar-refractivity contribution in [2.45, 2.75) is 12.8 Å². The third-order valence-electron chi connectivity index (χ3n) is 3.38. The highest BCUT2D eigenvalue weighted by Crippen LogP contribution is 2.17. The van der Waals surface area contributed by atoms with E-state index in [4.69, 9.17) is 10.5 Å². The Bertz CT molecular complexity index is 459. The topological polar surface area (TPSA) is 55.6 Å². The quantitative estimate of drug-likeness (QED) is 0.850. The molecule has 2 N–H and O–H groups in total. The van der Waals surface area contributed by atoms with Crippen LogP contribution in [0.25, 0.3) is 0 Å². The fourth-order valence-corrected chi connectivity index (χ4v) is 2.30. The fourth-order valence-electron chi connectivity index (χ4n) is 2.30. The Morgan fingerprint density at radius 2 is 2.37 bits per heavy atom. The van der Waals surface area contributed by atoms with Gasteiger partial charge in [-0.1, -0.05) is 0 Å². The van der Waals surface area contributed by atoms with E-state index in [0.29, 0.717) is 24.6 Å². The lowest BCUT2D eigenvalue weighted by Gasteiger charge is -2.27. The van der Waals surface area contributed by atoms with E-state index in [1.54, 1.807) is 18.0 Å². The summed E-state index contributed by atoms with van der Waals surface area (Å²) in [6.07, 6.45) is 2.09. The summed E-state index contributed by atoms with van der Waals surface area (Å²) in [6.45, 7) is 2.12. The predicted octanol–water partition coefficient (Wildman–Crippen LogP) is 1.91. The third-order valence-corrected chi connectivity index (χ3v) is 3.38. The zero-order chi connectivity index (χ0) is 13.8. The van der Waals surface area contributed by atoms with E-state index in [0.717, 1.165) is 19.4 Å². The van der Waals surface area contributed by atoms with Crippen LogP contribution in [0.4, 0.5) is 10.1 Å². The number of carbonyl (C=O) groups is 1. The third kappa shape index (κ3) is 3.44. The molecule has 19 heavy (non-hydrogen) atoms. The number of nitrogens with zero attached hydrogens (tertiary/aromatic N) is 1. The maximum Gasteiger partial charge on any atom is 0.253 e. The van der Waals surface area contributed by atoms with E-state index < -0.39 is 5.82 Å². The Balaban J connectivity index is 1.99. The van der Waals surface area contributed by atoms with Crippen molar-refractivity contribution >= 4 is 11.6 Å². The van der Waals surface area contributed by atoms with Gasteiger partial charge < -0.3 is 15.4 Å². The van der Waals surface area contributed by atoms with Crippen LogP contribution in [-0.4, -0.2) is 37.6 Å². The summed E-state index contributed by atoms with van der Waals surface area (Å²) in [5.41, 5.74) is 5.78. The van der Waals surface area contributed by atoms with Gasteiger partial charge in [0.15, 0.2) is 0 Å². The second kappa shape index (κ2) is 6.02. The maximum absolute atomic E-state index is 13.3. The molecule has 1 aromatic carbocycles. The largest absolute Gasteiger partial charge is 0.396 e. The first-order valence-electron chi connectivity index (χ1n) is 6.46. The number of hydrogen-bond donors (Lipinski definition) is 1. The molecule has 0 aromatic heterocycles. The summed E-state index contributed by atoms with van der Waals surface area (Å²) in [5.74, 6) is -0.383. The molecule has 0 bridgehead atoms. The van der Waals surface area contributed by atoms with Crippen LogP contribution in [0, 0.1) is 11.7 Å². The van der Waals surface area contributed by atoms with Crippen LogP contribution < -0.4 is 5.73 Å². The summed E-state index contributed by atoms with van der Waals surface area (Å²) >= 11 is 0. The summed E-state index contributed by atoms with van der Waals surface area (Å²) in [5, 5.41) is 0. The van der Waals surface area contributed by atoms with Crippen molar-refractivity contribution in [1.82, 2.24) is 4.90 Å². The number of rotatable bonds is 3. The molecule has 2 rings (SSSR count). The smallest absolute Gasteiger partial charge is 0.253 e. The number of halogens is 1. The summed E-state index contributed by atoms with van der Waals surface area (Å²) < 4.78 is 18.7. The van der Waals surface area contributed by atoms with Crippen molar-refractivity contribution in [2.75, 3.05) is 32.5 Å². The van der Waals surface area contributed by atoms with E-state index >= 15 is 0 Å². The molecule has 0 aliphatic carbocycles. The second-order valence-electron chi connectivity index (χ2n) is 5.01. The van der Waals surface area contributed by atoms with Crippen molar-refractivity contribution in [1.29, 1.82) is 0 Å². The van der Waals surface area contributed by atoms with Crippen LogP contribution in [-0.2, 0) is 4.74 Å². The Kier molecular flexibility index (Phi) is 4.37. The molecule has 1 atom stereocenters. The molecular formula is C14H19FN2O2. The molecule has 1 aromatic rings. The van der Waals surface area contributed by atoms with Gasteiger partial charge in [0.25, 0.3) is 5.91 Å². The molecule has 1 heterocycles. The minimum absolute atomic E-state index is 0.0554. The Labute approximate surface area is 112 Å². The molecule has 1 saturated heterocycles. The maximum atomic E-state index is 13.3. The second-order valence-corrected chi connectivity index (χ2v) is 5.01. The van der Waals surface area contributed by atoms with Gasteiger partial charge in [0, 0.05) is 25.8 Å². The van der Waals surface area contributed by atoms with E-state index in [-0.39, 0.29) is 11.6 Å². The molecule has 4 nitrogen and oxygen atoms in total. The van der Waals surface area contributed by atoms with Crippen LogP contribution >= 0.6 is 0 Å². The fraction of sp³-hybridized carbons (Fsp3) is 0.500. The van der Waals surface area contributed by atoms with Crippen LogP contribution in [0.1, 0.15) is 23.2 Å². The van der Waals surface area contributed by atoms with Gasteiger partial charge >= 0.3 is 0 Å². The Morgan fingerprint density at radius 1 is 1.58 bits per heavy atom. The number of nitrogens with two attached hydrogens (primary N) is 1. The van der Waals surface area contributed by atoms with Crippen molar-refractivity contribution in [2.24, 2.45) is 5.92 Å². The van der Waals surface area contributed by atoms with Crippen molar-refractivity contribution in [3.05, 3.63) is 29.6 Å². The Hall–Kier alpha value is -1.62. The van der Waals surface area contributed by atoms with Crippen molar-refractivity contribution < 1.29 is 13.9 Å². The number of benzene rings is 1. The number of nitrogen functional groups attached to an aromatic ring is 1. The average molecular weight is 266 g/mol. The van der Waals surface area contributed by atoms with E-state index in [1.165, 1.54) is 12.1 Å². The summed E-state index contributed by atoms with van der Waals surface area (Å²) in [6, 6.07) is 4.15. The van der Waals surface area contributed by atoms with Gasteiger partial charge in [0.1, 0.15) is 5.82 Å². The highest BCUT2D eigenvalue weighted by Gasteiger charge is 2.20. The van der Waals surface area contributed by atoms with Crippen LogP contribution in [0.5, 0.6) is 0 Å². The normalized spacial score (nSPS) is 19.2. The minimum Gasteiger partial charge on any atom is -0.396 e. The van der Waals surface area contributed by atoms with Gasteiger partial charge in [-0.2, -0.15) is 0 Å². The number of amides is 1. The van der Waals surface area contributed by atoms with Crippen LogP contribution in [0.15, 0.2) is 18.2 Å². The van der Waals surface area contributed by atoms with Gasteiger partial charge in [-0.15, -0.1) is 0 Å². The molecule has 104 valence electrons. The molecule has 0 radical (unpaired) electrons. The highest BCUT2D eigenvalue weighted by atomic mass is 19.1. The minimum atomic E-state index is -0.555. The van der Waals surface area contributed by atoms with E-state index in [9.17, 15) is 9.18 Å². The molecular weight excluding hydrogens is 247 g/mol. The number of ether oxygens (including phenoxy) is 1. The van der Waals surface area contributed by atoms with Gasteiger partial charge in [-0.05, 0) is 37.0 Å². The first kappa shape index (κ1) is 13.8. The van der Waals surface area contributed by atoms with Gasteiger partial charge in [0.2, 0.25) is 0 Å². The standard InChI is InChI=1S/C14H19FN2O2/c1-17(8-10-3-2-6-19-9-10)14(18)11-4-5-13(16)12(15)7-11/h4-5,7,10H,2-3,6,8-9,16H2,1H3. The molecule has 5 heteroatoms. The molecule has 1 aliphatic rings. The molecule has 0 saturated carbocycles. The highest BCUT2D eigenvalue weighted by molar-refractivity contribution is 5.94. The monoisotopic (exact) mass is 266 g/mol. The zero-order valence-corrected chi connectivity index (χ0v) is 11.1. The van der Waals surface area contributed by atoms with Crippen LogP contribution in [0.3, 0.4) is 0 Å². The lowest BCUT2D eigenvalue weighted by atomic mass is 10.0. The number of carbonyl (C=O) groups excluding carboxylic acids is 1. The van der Waals surface area contributed by atoms with Gasteiger partial charge in [0.05, 0.1) is 12.3 Å². The Morgan fingerprint density at radius 3 is 3.00 bits per heavy atom. The van der Waals surface area contributed by atoms with E-state index in [1.807, 2.05) is 0 Å². The van der Waals surface area contributed by atoms with Gasteiger partial charge in [-0.25, -0.2) is 4.39 Å². The first-order chi connectivity index (χ1) is 9.08. The van der Waals surface area contributed by atoms with Gasteiger partial charge in [-0.3, -0.25) is 4.79 Å². The first-order valence-corrected chi connectivity index (χ1v) is 6.46. The molecule has 1 unspecified atom stereocenters. The zero-order valence-electron chi connectivity index (χ0n) is 11.1. The lowest BCUT2D eigenvalue weighted by Crippen LogP contribution is -2.35. The molecule has 1 aliphatic heterocycles. The van der Waals surface area contributed by atoms with Crippen LogP contribution in [0.2, 0.25) is 0 Å². The summed E-state index contributed by atoms with van der Waals surface area (Å²) in [7, 11) is 1.73. The average Bonchev–Trinajstić information content (AvgIpc) is 2.42. The molecule has 0 spiro atoms. The van der Waals surface area contributed by atoms with Crippen molar-refractivity contribution in [3.63, 3.8) is 0 Å². The number of hydrogen-bond acceptors (Lipinski definition) is 3. The number of anilines is 1. The molecule has 1 fully saturated rings. The SMILES string of the molecule is CN(CC1CCCOC1)C(=O)c1ccc(N)c(F)c1. The van der Waals surface area contributed by atoms with E-state index in [2.05, 4.69) is 0 Å². The summed E-state index contributed by atoms with van der Waals surface area (Å²) in [4.78, 5) is 13.8. The molecule has 1 amide bonds. The van der Waals surface area contributed by atoms with Crippen molar-refractivity contribution in [3.8, 4) is 0 Å². The lowest BCUT2D eigenvalue weighted by molar-refractivity contribution is 0.0388.